The van der Waals surface area contributed by atoms with Crippen LogP contribution in [0.5, 0.6) is 0 Å². The summed E-state index contributed by atoms with van der Waals surface area (Å²) in [4.78, 5) is 4.64. The maximum Gasteiger partial charge on any atom is 0.191 e. The molecule has 7 nitrogen and oxygen atoms in total. The van der Waals surface area contributed by atoms with Crippen LogP contribution < -0.4 is 10.6 Å². The number of rotatable bonds is 11. The summed E-state index contributed by atoms with van der Waals surface area (Å²) in [5, 5.41) is 16.3. The molecular weight excluding hydrogens is 336 g/mol. The van der Waals surface area contributed by atoms with Crippen LogP contribution in [0.15, 0.2) is 10.1 Å². The van der Waals surface area contributed by atoms with E-state index in [4.69, 9.17) is 4.74 Å². The van der Waals surface area contributed by atoms with Crippen LogP contribution in [0.3, 0.4) is 0 Å². The van der Waals surface area contributed by atoms with E-state index < -0.39 is 0 Å². The molecule has 1 aromatic rings. The number of aromatic nitrogens is 3. The van der Waals surface area contributed by atoms with Crippen molar-refractivity contribution in [1.29, 1.82) is 0 Å². The van der Waals surface area contributed by atoms with E-state index in [1.165, 1.54) is 0 Å². The lowest BCUT2D eigenvalue weighted by atomic mass is 10.2. The third-order valence-electron chi connectivity index (χ3n) is 3.50. The van der Waals surface area contributed by atoms with Crippen molar-refractivity contribution in [3.05, 3.63) is 5.82 Å². The highest BCUT2D eigenvalue weighted by molar-refractivity contribution is 7.98. The van der Waals surface area contributed by atoms with Crippen molar-refractivity contribution in [2.24, 2.45) is 10.9 Å². The minimum Gasteiger partial charge on any atom is -0.383 e. The SMILES string of the molecule is CCNC(=NCCCc1nnc(SC)n1CC(C)C)NC(C)COC. The number of hydrogen-bond acceptors (Lipinski definition) is 5. The van der Waals surface area contributed by atoms with Gasteiger partial charge in [0.05, 0.1) is 6.61 Å². The number of thioether (sulfide) groups is 1. The first-order chi connectivity index (χ1) is 12.0. The molecule has 1 atom stereocenters. The molecule has 0 saturated carbocycles. The molecule has 1 unspecified atom stereocenters. The zero-order valence-electron chi connectivity index (χ0n) is 16.5. The fourth-order valence-electron chi connectivity index (χ4n) is 2.48. The average molecular weight is 371 g/mol. The summed E-state index contributed by atoms with van der Waals surface area (Å²) in [6, 6.07) is 0.223. The molecule has 1 aromatic heterocycles. The minimum absolute atomic E-state index is 0.223. The largest absolute Gasteiger partial charge is 0.383 e. The first-order valence-electron chi connectivity index (χ1n) is 9.01. The van der Waals surface area contributed by atoms with E-state index in [0.29, 0.717) is 12.5 Å². The summed E-state index contributed by atoms with van der Waals surface area (Å²) in [5.41, 5.74) is 0. The Morgan fingerprint density at radius 1 is 1.32 bits per heavy atom. The summed E-state index contributed by atoms with van der Waals surface area (Å²) in [5.74, 6) is 2.46. The molecule has 0 bridgehead atoms. The lowest BCUT2D eigenvalue weighted by Gasteiger charge is -2.17. The van der Waals surface area contributed by atoms with Crippen LogP contribution in [0.2, 0.25) is 0 Å². The highest BCUT2D eigenvalue weighted by Crippen LogP contribution is 2.16. The maximum absolute atomic E-state index is 5.16. The maximum atomic E-state index is 5.16. The number of nitrogens with zero attached hydrogens (tertiary/aromatic N) is 4. The molecule has 25 heavy (non-hydrogen) atoms. The topological polar surface area (TPSA) is 76.4 Å². The van der Waals surface area contributed by atoms with Crippen LogP contribution in [0.25, 0.3) is 0 Å². The van der Waals surface area contributed by atoms with Gasteiger partial charge in [-0.3, -0.25) is 4.99 Å². The van der Waals surface area contributed by atoms with Crippen molar-refractivity contribution in [1.82, 2.24) is 25.4 Å². The van der Waals surface area contributed by atoms with Gasteiger partial charge in [-0.25, -0.2) is 0 Å². The number of nitrogens with one attached hydrogen (secondary N) is 2. The second-order valence-corrected chi connectivity index (χ2v) is 7.25. The highest BCUT2D eigenvalue weighted by Gasteiger charge is 2.12. The van der Waals surface area contributed by atoms with Gasteiger partial charge in [-0.15, -0.1) is 10.2 Å². The quantitative estimate of drug-likeness (QED) is 0.269. The van der Waals surface area contributed by atoms with Crippen molar-refractivity contribution in [3.8, 4) is 0 Å². The molecule has 0 aliphatic rings. The van der Waals surface area contributed by atoms with Crippen LogP contribution in [-0.2, 0) is 17.7 Å². The van der Waals surface area contributed by atoms with Gasteiger partial charge in [-0.1, -0.05) is 25.6 Å². The number of ether oxygens (including phenoxy) is 1. The second kappa shape index (κ2) is 12.1. The molecule has 144 valence electrons. The van der Waals surface area contributed by atoms with Crippen molar-refractivity contribution in [3.63, 3.8) is 0 Å². The van der Waals surface area contributed by atoms with E-state index in [-0.39, 0.29) is 6.04 Å². The molecule has 0 radical (unpaired) electrons. The van der Waals surface area contributed by atoms with Gasteiger partial charge in [0.25, 0.3) is 0 Å². The highest BCUT2D eigenvalue weighted by atomic mass is 32.2. The Bertz CT molecular complexity index is 517. The normalized spacial score (nSPS) is 13.3. The molecule has 0 saturated heterocycles. The molecular formula is C17H34N6OS. The molecule has 0 aliphatic carbocycles. The van der Waals surface area contributed by atoms with Gasteiger partial charge in [0.2, 0.25) is 0 Å². The lowest BCUT2D eigenvalue weighted by molar-refractivity contribution is 0.179. The Kier molecular flexibility index (Phi) is 10.6. The number of hydrogen-bond donors (Lipinski definition) is 2. The fraction of sp³-hybridized carbons (Fsp3) is 0.824. The van der Waals surface area contributed by atoms with E-state index >= 15 is 0 Å². The van der Waals surface area contributed by atoms with Crippen LogP contribution in [0.1, 0.15) is 39.9 Å². The molecule has 1 heterocycles. The Balaban J connectivity index is 2.58. The number of aryl methyl sites for hydroxylation is 1. The first-order valence-corrected chi connectivity index (χ1v) is 10.2. The zero-order valence-corrected chi connectivity index (χ0v) is 17.3. The number of aliphatic imine (C=N–C) groups is 1. The Labute approximate surface area is 156 Å². The van der Waals surface area contributed by atoms with Gasteiger partial charge in [0.1, 0.15) is 5.82 Å². The van der Waals surface area contributed by atoms with E-state index in [9.17, 15) is 0 Å². The monoisotopic (exact) mass is 370 g/mol. The predicted octanol–water partition coefficient (Wildman–Crippen LogP) is 2.18. The third-order valence-corrected chi connectivity index (χ3v) is 4.16. The van der Waals surface area contributed by atoms with E-state index in [2.05, 4.69) is 58.1 Å². The zero-order chi connectivity index (χ0) is 18.7. The number of guanidine groups is 1. The third kappa shape index (κ3) is 8.09. The van der Waals surface area contributed by atoms with Gasteiger partial charge in [0, 0.05) is 39.2 Å². The molecule has 8 heteroatoms. The minimum atomic E-state index is 0.223. The summed E-state index contributed by atoms with van der Waals surface area (Å²) in [7, 11) is 1.71. The summed E-state index contributed by atoms with van der Waals surface area (Å²) >= 11 is 1.65. The summed E-state index contributed by atoms with van der Waals surface area (Å²) in [6.07, 6.45) is 3.88. The Morgan fingerprint density at radius 2 is 2.08 bits per heavy atom. The van der Waals surface area contributed by atoms with Crippen molar-refractivity contribution >= 4 is 17.7 Å². The van der Waals surface area contributed by atoms with Crippen LogP contribution in [0.4, 0.5) is 0 Å². The van der Waals surface area contributed by atoms with Gasteiger partial charge in [-0.2, -0.15) is 0 Å². The van der Waals surface area contributed by atoms with Gasteiger partial charge < -0.3 is 19.9 Å². The molecule has 0 spiro atoms. The average Bonchev–Trinajstić information content (AvgIpc) is 2.93. The Hall–Kier alpha value is -1.28. The van der Waals surface area contributed by atoms with Crippen LogP contribution >= 0.6 is 11.8 Å². The van der Waals surface area contributed by atoms with Gasteiger partial charge >= 0.3 is 0 Å². The van der Waals surface area contributed by atoms with Gasteiger partial charge in [0.15, 0.2) is 11.1 Å². The van der Waals surface area contributed by atoms with E-state index in [1.807, 2.05) is 6.26 Å². The standard InChI is InChI=1S/C17H34N6OS/c1-7-18-16(20-14(4)12-24-5)19-10-8-9-15-21-22-17(25-6)23(15)11-13(2)3/h13-14H,7-12H2,1-6H3,(H2,18,19,20). The molecule has 0 amide bonds. The van der Waals surface area contributed by atoms with Crippen LogP contribution in [-0.4, -0.2) is 59.8 Å². The van der Waals surface area contributed by atoms with E-state index in [0.717, 1.165) is 49.4 Å². The number of methoxy groups -OCH3 is 1. The van der Waals surface area contributed by atoms with Crippen molar-refractivity contribution < 1.29 is 4.74 Å². The van der Waals surface area contributed by atoms with Gasteiger partial charge in [-0.05, 0) is 32.4 Å². The molecule has 0 fully saturated rings. The van der Waals surface area contributed by atoms with Crippen molar-refractivity contribution in [2.75, 3.05) is 33.1 Å². The Morgan fingerprint density at radius 3 is 2.68 bits per heavy atom. The fourth-order valence-corrected chi connectivity index (χ4v) is 3.00. The smallest absolute Gasteiger partial charge is 0.191 e. The van der Waals surface area contributed by atoms with Crippen LogP contribution in [0, 0.1) is 5.92 Å². The van der Waals surface area contributed by atoms with E-state index in [1.54, 1.807) is 18.9 Å². The van der Waals surface area contributed by atoms with Crippen molar-refractivity contribution in [2.45, 2.75) is 58.3 Å². The molecule has 0 aliphatic heterocycles. The lowest BCUT2D eigenvalue weighted by Crippen LogP contribution is -2.44. The second-order valence-electron chi connectivity index (χ2n) is 6.47. The molecule has 1 rings (SSSR count). The summed E-state index contributed by atoms with van der Waals surface area (Å²) in [6.45, 7) is 11.8. The predicted molar refractivity (Wildman–Crippen MR) is 105 cm³/mol. The first kappa shape index (κ1) is 21.8. The summed E-state index contributed by atoms with van der Waals surface area (Å²) < 4.78 is 7.40. The molecule has 2 N–H and O–H groups in total. The molecule has 0 aromatic carbocycles.